The van der Waals surface area contributed by atoms with Gasteiger partial charge in [-0.3, -0.25) is 9.59 Å². The molecule has 2 heterocycles. The largest absolute Gasteiger partial charge is 0.471 e. The van der Waals surface area contributed by atoms with Crippen molar-refractivity contribution in [3.05, 3.63) is 47.9 Å². The van der Waals surface area contributed by atoms with E-state index in [4.69, 9.17) is 9.47 Å². The fraction of sp³-hybridized carbons (Fsp3) is 0.294. The zero-order valence-electron chi connectivity index (χ0n) is 12.3. The first-order valence-corrected chi connectivity index (χ1v) is 7.23. The molecule has 1 atom stereocenters. The van der Waals surface area contributed by atoms with Crippen LogP contribution in [-0.4, -0.2) is 23.4 Å². The maximum Gasteiger partial charge on any atom is 0.303 e. The Morgan fingerprint density at radius 2 is 2.27 bits per heavy atom. The molecule has 0 aliphatic carbocycles. The van der Waals surface area contributed by atoms with E-state index in [2.05, 4.69) is 0 Å². The maximum atomic E-state index is 11.2. The van der Waals surface area contributed by atoms with Gasteiger partial charge in [-0.15, -0.1) is 0 Å². The zero-order valence-corrected chi connectivity index (χ0v) is 12.3. The zero-order chi connectivity index (χ0) is 15.5. The molecule has 0 saturated carbocycles. The van der Waals surface area contributed by atoms with Crippen molar-refractivity contribution in [2.75, 3.05) is 6.61 Å². The first-order valence-electron chi connectivity index (χ1n) is 7.23. The monoisotopic (exact) mass is 299 g/mol. The number of aldehydes is 1. The van der Waals surface area contributed by atoms with Crippen LogP contribution in [0, 0.1) is 0 Å². The molecule has 1 aromatic heterocycles. The molecule has 0 radical (unpaired) electrons. The molecular formula is C17H17NO4. The number of aromatic nitrogens is 1. The summed E-state index contributed by atoms with van der Waals surface area (Å²) in [4.78, 5) is 22.1. The van der Waals surface area contributed by atoms with Crippen LogP contribution in [0.5, 0.6) is 0 Å². The lowest BCUT2D eigenvalue weighted by molar-refractivity contribution is -0.141. The Kier molecular flexibility index (Phi) is 3.96. The van der Waals surface area contributed by atoms with Crippen molar-refractivity contribution in [2.24, 2.45) is 0 Å². The molecule has 5 heteroatoms. The van der Waals surface area contributed by atoms with Gasteiger partial charge in [-0.1, -0.05) is 18.2 Å². The van der Waals surface area contributed by atoms with Gasteiger partial charge < -0.3 is 14.0 Å². The maximum absolute atomic E-state index is 11.2. The first-order chi connectivity index (χ1) is 10.7. The highest BCUT2D eigenvalue weighted by Crippen LogP contribution is 2.31. The molecule has 1 aromatic carbocycles. The number of rotatable bonds is 4. The fourth-order valence-corrected chi connectivity index (χ4v) is 2.69. The van der Waals surface area contributed by atoms with Gasteiger partial charge in [0.05, 0.1) is 5.52 Å². The second-order valence-electron chi connectivity index (χ2n) is 5.23. The van der Waals surface area contributed by atoms with Gasteiger partial charge in [-0.05, 0) is 18.6 Å². The van der Waals surface area contributed by atoms with Gasteiger partial charge in [-0.25, -0.2) is 0 Å². The van der Waals surface area contributed by atoms with E-state index in [1.54, 1.807) is 0 Å². The van der Waals surface area contributed by atoms with Crippen molar-refractivity contribution in [2.45, 2.75) is 26.0 Å². The molecule has 0 bridgehead atoms. The standard InChI is InChI=1S/C17H17NO4/c1-12(20)21-11-14-5-4-8-17(22-14)18-9-13(10-19)15-6-2-3-7-16(15)18/h2-3,5-7,9-10,17H,4,8,11H2,1H3/t17-/m1/s1. The number of ether oxygens (including phenoxy) is 2. The number of carbonyl (C=O) groups excluding carboxylic acids is 2. The third kappa shape index (κ3) is 2.74. The first kappa shape index (κ1) is 14.4. The molecule has 0 unspecified atom stereocenters. The summed E-state index contributed by atoms with van der Waals surface area (Å²) in [6, 6.07) is 7.74. The summed E-state index contributed by atoms with van der Waals surface area (Å²) >= 11 is 0. The van der Waals surface area contributed by atoms with Gasteiger partial charge in [0.15, 0.2) is 12.5 Å². The van der Waals surface area contributed by atoms with Gasteiger partial charge in [0, 0.05) is 30.5 Å². The predicted octanol–water partition coefficient (Wildman–Crippen LogP) is 3.21. The topological polar surface area (TPSA) is 57.5 Å². The van der Waals surface area contributed by atoms with Crippen molar-refractivity contribution >= 4 is 23.2 Å². The summed E-state index contributed by atoms with van der Waals surface area (Å²) in [6.07, 6.45) is 6.05. The molecule has 1 aliphatic heterocycles. The highest BCUT2D eigenvalue weighted by atomic mass is 16.6. The number of benzene rings is 1. The van der Waals surface area contributed by atoms with E-state index < -0.39 is 0 Å². The number of nitrogens with zero attached hydrogens (tertiary/aromatic N) is 1. The van der Waals surface area contributed by atoms with Crippen LogP contribution >= 0.6 is 0 Å². The van der Waals surface area contributed by atoms with Crippen LogP contribution in [-0.2, 0) is 14.3 Å². The Hall–Kier alpha value is -2.56. The minimum atomic E-state index is -0.332. The average Bonchev–Trinajstić information content (AvgIpc) is 2.92. The van der Waals surface area contributed by atoms with E-state index in [1.807, 2.05) is 41.1 Å². The summed E-state index contributed by atoms with van der Waals surface area (Å²) in [6.45, 7) is 1.52. The molecular weight excluding hydrogens is 282 g/mol. The SMILES string of the molecule is CC(=O)OCC1=CCC[C@H](n2cc(C=O)c3ccccc32)O1. The Labute approximate surface area is 128 Å². The Balaban J connectivity index is 1.87. The quantitative estimate of drug-likeness (QED) is 0.642. The molecule has 0 amide bonds. The van der Waals surface area contributed by atoms with Crippen LogP contribution in [0.1, 0.15) is 36.4 Å². The third-order valence-corrected chi connectivity index (χ3v) is 3.70. The minimum Gasteiger partial charge on any atom is -0.471 e. The molecule has 0 fully saturated rings. The second kappa shape index (κ2) is 6.05. The molecule has 0 spiro atoms. The van der Waals surface area contributed by atoms with Crippen LogP contribution in [0.3, 0.4) is 0 Å². The molecule has 0 saturated heterocycles. The molecule has 2 aromatic rings. The van der Waals surface area contributed by atoms with Crippen molar-refractivity contribution in [1.82, 2.24) is 4.57 Å². The van der Waals surface area contributed by atoms with E-state index in [1.165, 1.54) is 6.92 Å². The van der Waals surface area contributed by atoms with E-state index >= 15 is 0 Å². The van der Waals surface area contributed by atoms with Crippen LogP contribution in [0.2, 0.25) is 0 Å². The fourth-order valence-electron chi connectivity index (χ4n) is 2.69. The van der Waals surface area contributed by atoms with E-state index in [-0.39, 0.29) is 18.8 Å². The normalized spacial score (nSPS) is 17.7. The van der Waals surface area contributed by atoms with E-state index in [0.717, 1.165) is 30.0 Å². The van der Waals surface area contributed by atoms with Gasteiger partial charge in [-0.2, -0.15) is 0 Å². The Morgan fingerprint density at radius 3 is 3.05 bits per heavy atom. The number of para-hydroxylation sites is 1. The van der Waals surface area contributed by atoms with E-state index in [9.17, 15) is 9.59 Å². The number of hydrogen-bond donors (Lipinski definition) is 0. The van der Waals surface area contributed by atoms with Crippen molar-refractivity contribution < 1.29 is 19.1 Å². The average molecular weight is 299 g/mol. The molecule has 5 nitrogen and oxygen atoms in total. The van der Waals surface area contributed by atoms with Gasteiger partial charge in [0.2, 0.25) is 0 Å². The number of esters is 1. The van der Waals surface area contributed by atoms with Crippen LogP contribution in [0.15, 0.2) is 42.3 Å². The minimum absolute atomic E-state index is 0.144. The number of hydrogen-bond acceptors (Lipinski definition) is 4. The van der Waals surface area contributed by atoms with E-state index in [0.29, 0.717) is 11.3 Å². The van der Waals surface area contributed by atoms with Crippen molar-refractivity contribution in [3.8, 4) is 0 Å². The summed E-state index contributed by atoms with van der Waals surface area (Å²) in [5.41, 5.74) is 1.61. The molecule has 22 heavy (non-hydrogen) atoms. The summed E-state index contributed by atoms with van der Waals surface area (Å²) in [5.74, 6) is 0.318. The lowest BCUT2D eigenvalue weighted by atomic mass is 10.2. The van der Waals surface area contributed by atoms with Gasteiger partial charge in [0.25, 0.3) is 0 Å². The molecule has 3 rings (SSSR count). The highest BCUT2D eigenvalue weighted by molar-refractivity contribution is 5.97. The number of allylic oxidation sites excluding steroid dienone is 1. The summed E-state index contributed by atoms with van der Waals surface area (Å²) in [7, 11) is 0. The van der Waals surface area contributed by atoms with Crippen LogP contribution < -0.4 is 0 Å². The summed E-state index contributed by atoms with van der Waals surface area (Å²) < 4.78 is 12.9. The Morgan fingerprint density at radius 1 is 1.45 bits per heavy atom. The molecule has 1 aliphatic rings. The highest BCUT2D eigenvalue weighted by Gasteiger charge is 2.21. The lowest BCUT2D eigenvalue weighted by Crippen LogP contribution is -2.18. The summed E-state index contributed by atoms with van der Waals surface area (Å²) in [5, 5.41) is 0.914. The predicted molar refractivity (Wildman–Crippen MR) is 81.4 cm³/mol. The number of fused-ring (bicyclic) bond motifs is 1. The molecule has 0 N–H and O–H groups in total. The third-order valence-electron chi connectivity index (χ3n) is 3.70. The smallest absolute Gasteiger partial charge is 0.303 e. The number of carbonyl (C=O) groups is 2. The lowest BCUT2D eigenvalue weighted by Gasteiger charge is -2.26. The van der Waals surface area contributed by atoms with Crippen molar-refractivity contribution in [1.29, 1.82) is 0 Å². The Bertz CT molecular complexity index is 744. The molecule has 114 valence electrons. The van der Waals surface area contributed by atoms with Gasteiger partial charge in [0.1, 0.15) is 12.4 Å². The van der Waals surface area contributed by atoms with Crippen molar-refractivity contribution in [3.63, 3.8) is 0 Å². The van der Waals surface area contributed by atoms with Crippen LogP contribution in [0.25, 0.3) is 10.9 Å². The van der Waals surface area contributed by atoms with Gasteiger partial charge >= 0.3 is 5.97 Å². The second-order valence-corrected chi connectivity index (χ2v) is 5.23. The van der Waals surface area contributed by atoms with Crippen LogP contribution in [0.4, 0.5) is 0 Å².